The molecule has 0 aromatic heterocycles. The first-order valence-corrected chi connectivity index (χ1v) is 8.61. The van der Waals surface area contributed by atoms with Gasteiger partial charge in [0.1, 0.15) is 23.6 Å². The van der Waals surface area contributed by atoms with Crippen LogP contribution in [0.1, 0.15) is 32.8 Å². The number of ether oxygens (including phenoxy) is 4. The second-order valence-electron chi connectivity index (χ2n) is 7.11. The molecule has 6 nitrogen and oxygen atoms in total. The summed E-state index contributed by atoms with van der Waals surface area (Å²) in [7, 11) is 1.61. The molecule has 2 saturated heterocycles. The minimum atomic E-state index is -1.16. The molecule has 1 aromatic carbocycles. The maximum atomic E-state index is 11.5. The standard InChI is InChI=1S/C19H26O6/c1-5-15-19(3,21)18(2)16(14(10-20)24-17(18)25-15)23-11-12-6-8-13(22-4)9-7-12/h6-10,14-17,21H,5,11H2,1-4H3/t14-,15-,16+,17+,18+,19+/m1/s1. The van der Waals surface area contributed by atoms with Gasteiger partial charge in [-0.05, 0) is 38.0 Å². The molecule has 1 aromatic rings. The van der Waals surface area contributed by atoms with Crippen LogP contribution < -0.4 is 4.74 Å². The summed E-state index contributed by atoms with van der Waals surface area (Å²) in [6, 6.07) is 7.52. The van der Waals surface area contributed by atoms with Crippen molar-refractivity contribution in [2.75, 3.05) is 7.11 Å². The maximum absolute atomic E-state index is 11.5. The minimum absolute atomic E-state index is 0.303. The Bertz CT molecular complexity index is 613. The highest BCUT2D eigenvalue weighted by atomic mass is 16.7. The average Bonchev–Trinajstić information content (AvgIpc) is 3.00. The molecule has 0 unspecified atom stereocenters. The molecule has 2 heterocycles. The van der Waals surface area contributed by atoms with Gasteiger partial charge in [0.05, 0.1) is 25.2 Å². The molecule has 25 heavy (non-hydrogen) atoms. The SMILES string of the molecule is CC[C@H]1O[C@@H]2O[C@H](C=O)[C@H](OCc3ccc(OC)cc3)[C@]2(C)[C@@]1(C)O. The molecule has 138 valence electrons. The molecular weight excluding hydrogens is 324 g/mol. The van der Waals surface area contributed by atoms with Crippen LogP contribution >= 0.6 is 0 Å². The molecule has 3 rings (SSSR count). The first-order chi connectivity index (χ1) is 11.9. The van der Waals surface area contributed by atoms with Gasteiger partial charge in [-0.15, -0.1) is 0 Å². The molecule has 6 atom stereocenters. The zero-order chi connectivity index (χ0) is 18.2. The third-order valence-electron chi connectivity index (χ3n) is 5.76. The molecule has 2 aliphatic rings. The second kappa shape index (κ2) is 6.68. The van der Waals surface area contributed by atoms with Gasteiger partial charge < -0.3 is 28.8 Å². The van der Waals surface area contributed by atoms with E-state index in [1.54, 1.807) is 14.0 Å². The van der Waals surface area contributed by atoms with Crippen molar-refractivity contribution >= 4 is 6.29 Å². The topological polar surface area (TPSA) is 74.2 Å². The van der Waals surface area contributed by atoms with E-state index < -0.39 is 29.5 Å². The van der Waals surface area contributed by atoms with E-state index in [1.807, 2.05) is 38.1 Å². The van der Waals surface area contributed by atoms with Gasteiger partial charge in [0, 0.05) is 0 Å². The van der Waals surface area contributed by atoms with Crippen LogP contribution in [-0.2, 0) is 25.6 Å². The number of hydrogen-bond donors (Lipinski definition) is 1. The van der Waals surface area contributed by atoms with Crippen LogP contribution in [0.15, 0.2) is 24.3 Å². The van der Waals surface area contributed by atoms with Gasteiger partial charge in [0.2, 0.25) is 0 Å². The van der Waals surface area contributed by atoms with Gasteiger partial charge in [-0.3, -0.25) is 0 Å². The monoisotopic (exact) mass is 350 g/mol. The number of aldehydes is 1. The first kappa shape index (κ1) is 18.3. The lowest BCUT2D eigenvalue weighted by Crippen LogP contribution is -2.55. The van der Waals surface area contributed by atoms with E-state index in [0.29, 0.717) is 13.0 Å². The van der Waals surface area contributed by atoms with Crippen LogP contribution in [0.4, 0.5) is 0 Å². The van der Waals surface area contributed by atoms with Crippen LogP contribution in [0.2, 0.25) is 0 Å². The van der Waals surface area contributed by atoms with Crippen LogP contribution in [0, 0.1) is 5.41 Å². The lowest BCUT2D eigenvalue weighted by molar-refractivity contribution is -0.161. The Morgan fingerprint density at radius 3 is 2.48 bits per heavy atom. The molecule has 0 spiro atoms. The smallest absolute Gasteiger partial charge is 0.169 e. The van der Waals surface area contributed by atoms with Gasteiger partial charge >= 0.3 is 0 Å². The third-order valence-corrected chi connectivity index (χ3v) is 5.76. The van der Waals surface area contributed by atoms with Crippen molar-refractivity contribution in [2.45, 2.75) is 64.0 Å². The van der Waals surface area contributed by atoms with E-state index in [0.717, 1.165) is 17.6 Å². The Morgan fingerprint density at radius 2 is 1.92 bits per heavy atom. The largest absolute Gasteiger partial charge is 0.497 e. The fraction of sp³-hybridized carbons (Fsp3) is 0.632. The Hall–Kier alpha value is -1.47. The number of methoxy groups -OCH3 is 1. The molecule has 1 N–H and O–H groups in total. The Kier molecular flexibility index (Phi) is 4.90. The number of fused-ring (bicyclic) bond motifs is 1. The number of hydrogen-bond acceptors (Lipinski definition) is 6. The molecular formula is C19H26O6. The van der Waals surface area contributed by atoms with E-state index in [1.165, 1.54) is 0 Å². The highest BCUT2D eigenvalue weighted by molar-refractivity contribution is 5.58. The summed E-state index contributed by atoms with van der Waals surface area (Å²) >= 11 is 0. The van der Waals surface area contributed by atoms with Gasteiger partial charge in [-0.2, -0.15) is 0 Å². The molecule has 0 radical (unpaired) electrons. The summed E-state index contributed by atoms with van der Waals surface area (Å²) in [5.41, 5.74) is -1.04. The summed E-state index contributed by atoms with van der Waals surface area (Å²) in [5.74, 6) is 0.767. The normalized spacial score (nSPS) is 40.0. The zero-order valence-electron chi connectivity index (χ0n) is 15.1. The van der Waals surface area contributed by atoms with E-state index >= 15 is 0 Å². The minimum Gasteiger partial charge on any atom is -0.497 e. The van der Waals surface area contributed by atoms with Gasteiger partial charge in [-0.1, -0.05) is 19.1 Å². The van der Waals surface area contributed by atoms with Crippen molar-refractivity contribution in [1.82, 2.24) is 0 Å². The number of rotatable bonds is 6. The molecule has 0 amide bonds. The lowest BCUT2D eigenvalue weighted by Gasteiger charge is -2.40. The molecule has 0 saturated carbocycles. The molecule has 2 aliphatic heterocycles. The predicted octanol–water partition coefficient (Wildman–Crippen LogP) is 2.07. The van der Waals surface area contributed by atoms with Gasteiger partial charge in [0.15, 0.2) is 12.6 Å². The third kappa shape index (κ3) is 2.77. The zero-order valence-corrected chi connectivity index (χ0v) is 15.1. The lowest BCUT2D eigenvalue weighted by atomic mass is 9.69. The number of carbonyl (C=O) groups excluding carboxylic acids is 1. The van der Waals surface area contributed by atoms with Crippen molar-refractivity contribution in [1.29, 1.82) is 0 Å². The van der Waals surface area contributed by atoms with Gasteiger partial charge in [-0.25, -0.2) is 0 Å². The van der Waals surface area contributed by atoms with Crippen LogP contribution in [-0.4, -0.2) is 48.7 Å². The van der Waals surface area contributed by atoms with Crippen LogP contribution in [0.5, 0.6) is 5.75 Å². The fourth-order valence-electron chi connectivity index (χ4n) is 3.93. The van der Waals surface area contributed by atoms with Crippen molar-refractivity contribution in [3.63, 3.8) is 0 Å². The van der Waals surface area contributed by atoms with Crippen molar-refractivity contribution in [3.8, 4) is 5.75 Å². The molecule has 0 aliphatic carbocycles. The number of carbonyl (C=O) groups is 1. The number of benzene rings is 1. The highest BCUT2D eigenvalue weighted by Crippen LogP contribution is 2.56. The quantitative estimate of drug-likeness (QED) is 0.792. The Balaban J connectivity index is 1.80. The molecule has 0 bridgehead atoms. The average molecular weight is 350 g/mol. The second-order valence-corrected chi connectivity index (χ2v) is 7.11. The first-order valence-electron chi connectivity index (χ1n) is 8.61. The van der Waals surface area contributed by atoms with Crippen molar-refractivity contribution in [2.24, 2.45) is 5.41 Å². The molecule has 2 fully saturated rings. The summed E-state index contributed by atoms with van der Waals surface area (Å²) < 4.78 is 22.8. The maximum Gasteiger partial charge on any atom is 0.169 e. The molecule has 6 heteroatoms. The van der Waals surface area contributed by atoms with E-state index in [2.05, 4.69) is 0 Å². The van der Waals surface area contributed by atoms with Crippen LogP contribution in [0.25, 0.3) is 0 Å². The van der Waals surface area contributed by atoms with Crippen LogP contribution in [0.3, 0.4) is 0 Å². The Labute approximate surface area is 148 Å². The number of aliphatic hydroxyl groups is 1. The van der Waals surface area contributed by atoms with Gasteiger partial charge in [0.25, 0.3) is 0 Å². The summed E-state index contributed by atoms with van der Waals surface area (Å²) in [5, 5.41) is 11.1. The van der Waals surface area contributed by atoms with E-state index in [9.17, 15) is 9.90 Å². The highest BCUT2D eigenvalue weighted by Gasteiger charge is 2.70. The summed E-state index contributed by atoms with van der Waals surface area (Å²) in [6.07, 6.45) is -1.01. The van der Waals surface area contributed by atoms with Crippen molar-refractivity contribution < 1.29 is 28.8 Å². The predicted molar refractivity (Wildman–Crippen MR) is 90.2 cm³/mol. The van der Waals surface area contributed by atoms with Crippen molar-refractivity contribution in [3.05, 3.63) is 29.8 Å². The fourth-order valence-corrected chi connectivity index (χ4v) is 3.93. The van der Waals surface area contributed by atoms with E-state index in [4.69, 9.17) is 18.9 Å². The summed E-state index contributed by atoms with van der Waals surface area (Å²) in [6.45, 7) is 5.86. The Morgan fingerprint density at radius 1 is 1.24 bits per heavy atom. The van der Waals surface area contributed by atoms with E-state index in [-0.39, 0.29) is 6.10 Å². The summed E-state index contributed by atoms with van der Waals surface area (Å²) in [4.78, 5) is 11.5.